The zero-order chi connectivity index (χ0) is 21.3. The summed E-state index contributed by atoms with van der Waals surface area (Å²) in [5.41, 5.74) is 1.12. The van der Waals surface area contributed by atoms with Gasteiger partial charge in [0, 0.05) is 63.6 Å². The third-order valence-electron chi connectivity index (χ3n) is 6.65. The second kappa shape index (κ2) is 8.47. The fraction of sp³-hybridized carbons (Fsp3) is 0.565. The summed E-state index contributed by atoms with van der Waals surface area (Å²) in [6.45, 7) is 7.94. The Morgan fingerprint density at radius 3 is 2.83 bits per heavy atom. The fourth-order valence-electron chi connectivity index (χ4n) is 4.93. The molecule has 2 aromatic rings. The highest BCUT2D eigenvalue weighted by Gasteiger charge is 2.57. The van der Waals surface area contributed by atoms with Crippen LogP contribution in [0.3, 0.4) is 0 Å². The largest absolute Gasteiger partial charge is 0.383 e. The van der Waals surface area contributed by atoms with Crippen LogP contribution in [0.15, 0.2) is 36.8 Å². The fourth-order valence-corrected chi connectivity index (χ4v) is 4.93. The van der Waals surface area contributed by atoms with E-state index in [2.05, 4.69) is 34.5 Å². The van der Waals surface area contributed by atoms with Crippen LogP contribution in [-0.4, -0.2) is 65.2 Å². The molecule has 0 bridgehead atoms. The van der Waals surface area contributed by atoms with Gasteiger partial charge in [0.2, 0.25) is 5.91 Å². The molecule has 2 fully saturated rings. The first-order valence-electron chi connectivity index (χ1n) is 10.7. The number of nitrogens with zero attached hydrogens (tertiary/aromatic N) is 4. The Balaban J connectivity index is 1.63. The lowest BCUT2D eigenvalue weighted by Gasteiger charge is -2.28. The molecule has 6 nitrogen and oxygen atoms in total. The van der Waals surface area contributed by atoms with Crippen molar-refractivity contribution in [3.05, 3.63) is 53.9 Å². The van der Waals surface area contributed by atoms with Gasteiger partial charge in [0.15, 0.2) is 0 Å². The molecular weight excluding hydrogens is 383 g/mol. The van der Waals surface area contributed by atoms with Crippen LogP contribution in [0.2, 0.25) is 0 Å². The number of aromatic nitrogens is 2. The Bertz CT molecular complexity index is 899. The van der Waals surface area contributed by atoms with Gasteiger partial charge in [-0.1, -0.05) is 18.2 Å². The molecule has 2 aliphatic heterocycles. The van der Waals surface area contributed by atoms with Crippen LogP contribution >= 0.6 is 0 Å². The van der Waals surface area contributed by atoms with Crippen molar-refractivity contribution >= 4 is 5.91 Å². The molecule has 0 saturated carbocycles. The number of carbonyl (C=O) groups is 1. The Kier molecular flexibility index (Phi) is 5.93. The smallest absolute Gasteiger partial charge is 0.230 e. The first-order valence-corrected chi connectivity index (χ1v) is 10.7. The van der Waals surface area contributed by atoms with Gasteiger partial charge in [0.05, 0.1) is 24.0 Å². The van der Waals surface area contributed by atoms with E-state index in [-0.39, 0.29) is 17.6 Å². The number of carbonyl (C=O) groups excluding carboxylic acids is 1. The van der Waals surface area contributed by atoms with Gasteiger partial charge < -0.3 is 14.2 Å². The minimum atomic E-state index is -0.505. The van der Waals surface area contributed by atoms with E-state index in [0.717, 1.165) is 18.7 Å². The van der Waals surface area contributed by atoms with E-state index in [1.165, 1.54) is 6.07 Å². The molecule has 7 heteroatoms. The predicted molar refractivity (Wildman–Crippen MR) is 113 cm³/mol. The highest BCUT2D eigenvalue weighted by atomic mass is 19.1. The average molecular weight is 415 g/mol. The van der Waals surface area contributed by atoms with Crippen LogP contribution in [-0.2, 0) is 16.1 Å². The molecule has 1 amide bonds. The lowest BCUT2D eigenvalue weighted by molar-refractivity contribution is -0.136. The molecule has 30 heavy (non-hydrogen) atoms. The molecule has 1 aromatic carbocycles. The first-order chi connectivity index (χ1) is 14.4. The molecule has 2 atom stereocenters. The van der Waals surface area contributed by atoms with E-state index >= 15 is 0 Å². The molecule has 2 aliphatic rings. The SMILES string of the molecule is COCCN1CC[C@@]2(CN(Cc3ccccc3F)C[C@@H]2c2cn(C(C)C)cn2)C1=O. The summed E-state index contributed by atoms with van der Waals surface area (Å²) in [5.74, 6) is -0.0115. The maximum absolute atomic E-state index is 14.3. The van der Waals surface area contributed by atoms with Crippen molar-refractivity contribution in [2.45, 2.75) is 38.8 Å². The zero-order valence-electron chi connectivity index (χ0n) is 18.1. The molecule has 0 N–H and O–H groups in total. The van der Waals surface area contributed by atoms with Crippen LogP contribution in [0, 0.1) is 11.2 Å². The van der Waals surface area contributed by atoms with Gasteiger partial charge in [-0.3, -0.25) is 9.69 Å². The Labute approximate surface area is 177 Å². The zero-order valence-corrected chi connectivity index (χ0v) is 18.1. The standard InChI is InChI=1S/C23H31FN4O2/c1-17(2)28-14-21(25-16-28)19-13-26(12-18-6-4-5-7-20(18)24)15-23(19)8-9-27(22(23)29)10-11-30-3/h4-7,14,16-17,19H,8-13,15H2,1-3H3/t19-,23+/m1/s1. The summed E-state index contributed by atoms with van der Waals surface area (Å²) >= 11 is 0. The number of methoxy groups -OCH3 is 1. The normalized spacial score (nSPS) is 24.6. The number of hydrogen-bond acceptors (Lipinski definition) is 4. The van der Waals surface area contributed by atoms with Gasteiger partial charge >= 0.3 is 0 Å². The highest BCUT2D eigenvalue weighted by Crippen LogP contribution is 2.49. The van der Waals surface area contributed by atoms with Crippen molar-refractivity contribution < 1.29 is 13.9 Å². The van der Waals surface area contributed by atoms with E-state index in [9.17, 15) is 9.18 Å². The molecule has 0 unspecified atom stereocenters. The van der Waals surface area contributed by atoms with Crippen LogP contribution in [0.1, 0.15) is 43.5 Å². The Morgan fingerprint density at radius 1 is 1.33 bits per heavy atom. The van der Waals surface area contributed by atoms with Crippen molar-refractivity contribution in [1.29, 1.82) is 0 Å². The van der Waals surface area contributed by atoms with Crippen LogP contribution in [0.5, 0.6) is 0 Å². The van der Waals surface area contributed by atoms with Gasteiger partial charge in [-0.15, -0.1) is 0 Å². The lowest BCUT2D eigenvalue weighted by atomic mass is 9.75. The third kappa shape index (κ3) is 3.76. The predicted octanol–water partition coefficient (Wildman–Crippen LogP) is 3.07. The summed E-state index contributed by atoms with van der Waals surface area (Å²) in [5, 5.41) is 0. The lowest BCUT2D eigenvalue weighted by Crippen LogP contribution is -2.40. The topological polar surface area (TPSA) is 50.6 Å². The van der Waals surface area contributed by atoms with Gasteiger partial charge in [-0.05, 0) is 26.3 Å². The number of hydrogen-bond donors (Lipinski definition) is 0. The van der Waals surface area contributed by atoms with Gasteiger partial charge in [0.25, 0.3) is 0 Å². The Hall–Kier alpha value is -2.25. The maximum Gasteiger partial charge on any atom is 0.230 e. The summed E-state index contributed by atoms with van der Waals surface area (Å²) in [7, 11) is 1.66. The van der Waals surface area contributed by atoms with Crippen molar-refractivity contribution in [2.75, 3.05) is 39.9 Å². The minimum Gasteiger partial charge on any atom is -0.383 e. The second-order valence-electron chi connectivity index (χ2n) is 8.84. The molecule has 2 saturated heterocycles. The van der Waals surface area contributed by atoms with Crippen molar-refractivity contribution in [1.82, 2.24) is 19.4 Å². The summed E-state index contributed by atoms with van der Waals surface area (Å²) in [6.07, 6.45) is 4.73. The van der Waals surface area contributed by atoms with E-state index in [1.54, 1.807) is 13.2 Å². The van der Waals surface area contributed by atoms with E-state index in [1.807, 2.05) is 23.4 Å². The second-order valence-corrected chi connectivity index (χ2v) is 8.84. The number of ether oxygens (including phenoxy) is 1. The Morgan fingerprint density at radius 2 is 2.13 bits per heavy atom. The first kappa shape index (κ1) is 21.0. The molecule has 0 aliphatic carbocycles. The summed E-state index contributed by atoms with van der Waals surface area (Å²) in [6, 6.07) is 7.20. The van der Waals surface area contributed by atoms with Crippen molar-refractivity contribution in [2.24, 2.45) is 5.41 Å². The number of benzene rings is 1. The quantitative estimate of drug-likeness (QED) is 0.699. The van der Waals surface area contributed by atoms with Crippen LogP contribution in [0.25, 0.3) is 0 Å². The van der Waals surface area contributed by atoms with Crippen LogP contribution in [0.4, 0.5) is 4.39 Å². The van der Waals surface area contributed by atoms with Gasteiger partial charge in [0.1, 0.15) is 5.82 Å². The number of likely N-dealkylation sites (tertiary alicyclic amines) is 2. The molecular formula is C23H31FN4O2. The van der Waals surface area contributed by atoms with Crippen molar-refractivity contribution in [3.63, 3.8) is 0 Å². The average Bonchev–Trinajstić information content (AvgIpc) is 3.42. The van der Waals surface area contributed by atoms with Crippen LogP contribution < -0.4 is 0 Å². The third-order valence-corrected chi connectivity index (χ3v) is 6.65. The number of amides is 1. The number of imidazole rings is 1. The molecule has 3 heterocycles. The maximum atomic E-state index is 14.3. The molecule has 1 spiro atoms. The van der Waals surface area contributed by atoms with E-state index < -0.39 is 5.41 Å². The summed E-state index contributed by atoms with van der Waals surface area (Å²) < 4.78 is 21.6. The van der Waals surface area contributed by atoms with Gasteiger partial charge in [-0.25, -0.2) is 9.37 Å². The molecule has 4 rings (SSSR count). The van der Waals surface area contributed by atoms with Gasteiger partial charge in [-0.2, -0.15) is 0 Å². The number of rotatable bonds is 7. The van der Waals surface area contributed by atoms with E-state index in [0.29, 0.717) is 44.4 Å². The molecule has 1 aromatic heterocycles. The molecule has 0 radical (unpaired) electrons. The summed E-state index contributed by atoms with van der Waals surface area (Å²) in [4.78, 5) is 22.4. The van der Waals surface area contributed by atoms with Crippen molar-refractivity contribution in [3.8, 4) is 0 Å². The minimum absolute atomic E-state index is 0.00400. The highest BCUT2D eigenvalue weighted by molar-refractivity contribution is 5.86. The molecule has 162 valence electrons. The van der Waals surface area contributed by atoms with E-state index in [4.69, 9.17) is 4.74 Å². The monoisotopic (exact) mass is 414 g/mol. The number of halogens is 1.